The molecule has 0 atom stereocenters. The summed E-state index contributed by atoms with van der Waals surface area (Å²) < 4.78 is 0. The van der Waals surface area contributed by atoms with Crippen LogP contribution in [0.15, 0.2) is 115 Å². The molecule has 0 aliphatic heterocycles. The van der Waals surface area contributed by atoms with Crippen molar-refractivity contribution >= 4 is 27.8 Å². The molecule has 0 aromatic heterocycles. The number of hydrogen-bond donors (Lipinski definition) is 0. The van der Waals surface area contributed by atoms with Crippen LogP contribution in [0.4, 0.5) is 17.1 Å². The fraction of sp³-hybridized carbons (Fsp3) is 0.292. The van der Waals surface area contributed by atoms with Crippen LogP contribution in [-0.2, 0) is 21.7 Å². The zero-order chi connectivity index (χ0) is 34.7. The highest BCUT2D eigenvalue weighted by Gasteiger charge is 2.43. The first-order chi connectivity index (χ1) is 23.1. The highest BCUT2D eigenvalue weighted by Crippen LogP contribution is 2.58. The first kappa shape index (κ1) is 31.6. The normalized spacial score (nSPS) is 15.5. The van der Waals surface area contributed by atoms with Gasteiger partial charge in [0.15, 0.2) is 0 Å². The minimum absolute atomic E-state index is 0.000706. The lowest BCUT2D eigenvalue weighted by Crippen LogP contribution is -2.26. The summed E-state index contributed by atoms with van der Waals surface area (Å²) in [5, 5.41) is 2.50. The van der Waals surface area contributed by atoms with E-state index >= 15 is 0 Å². The third kappa shape index (κ3) is 4.65. The largest absolute Gasteiger partial charge is 0.310 e. The number of nitrogens with zero attached hydrogens (tertiary/aromatic N) is 1. The SMILES string of the molecule is CC(C)(C)c1cc2c(c(C(C)(C)C)c1)C(C)(C)c1c-2cccc1N(c1ccc2c(c1)C(C)(C)c1ccccc1-2)c1cccc2ccccc12. The topological polar surface area (TPSA) is 3.24 Å². The Hall–Kier alpha value is -4.62. The van der Waals surface area contributed by atoms with Crippen LogP contribution in [0.1, 0.15) is 103 Å². The van der Waals surface area contributed by atoms with Crippen LogP contribution in [0.25, 0.3) is 33.0 Å². The van der Waals surface area contributed by atoms with Crippen LogP contribution in [-0.4, -0.2) is 0 Å². The second kappa shape index (κ2) is 10.4. The van der Waals surface area contributed by atoms with Crippen molar-refractivity contribution < 1.29 is 0 Å². The summed E-state index contributed by atoms with van der Waals surface area (Å²) in [6, 6.07) is 43.8. The minimum Gasteiger partial charge on any atom is -0.310 e. The van der Waals surface area contributed by atoms with Gasteiger partial charge in [-0.25, -0.2) is 0 Å². The first-order valence-electron chi connectivity index (χ1n) is 18.0. The van der Waals surface area contributed by atoms with Crippen LogP contribution in [0.5, 0.6) is 0 Å². The van der Waals surface area contributed by atoms with Crippen LogP contribution in [0.3, 0.4) is 0 Å². The third-order valence-corrected chi connectivity index (χ3v) is 11.5. The number of hydrogen-bond acceptors (Lipinski definition) is 1. The summed E-state index contributed by atoms with van der Waals surface area (Å²) in [4.78, 5) is 2.57. The van der Waals surface area contributed by atoms with E-state index in [1.165, 1.54) is 83.5 Å². The maximum Gasteiger partial charge on any atom is 0.0540 e. The molecule has 2 aliphatic carbocycles. The lowest BCUT2D eigenvalue weighted by molar-refractivity contribution is 0.545. The summed E-state index contributed by atoms with van der Waals surface area (Å²) in [6.45, 7) is 23.8. The molecule has 0 saturated carbocycles. The summed E-state index contributed by atoms with van der Waals surface area (Å²) in [6.07, 6.45) is 0. The van der Waals surface area contributed by atoms with Gasteiger partial charge in [0.25, 0.3) is 0 Å². The lowest BCUT2D eigenvalue weighted by atomic mass is 9.71. The molecule has 1 nitrogen and oxygen atoms in total. The van der Waals surface area contributed by atoms with Crippen molar-refractivity contribution in [2.45, 2.75) is 90.9 Å². The molecule has 6 aromatic rings. The molecule has 8 rings (SSSR count). The van der Waals surface area contributed by atoms with Crippen molar-refractivity contribution in [3.05, 3.63) is 149 Å². The van der Waals surface area contributed by atoms with E-state index < -0.39 is 0 Å². The summed E-state index contributed by atoms with van der Waals surface area (Å²) >= 11 is 0. The van der Waals surface area contributed by atoms with Crippen molar-refractivity contribution in [3.8, 4) is 22.3 Å². The summed E-state index contributed by atoms with van der Waals surface area (Å²) in [5.41, 5.74) is 17.4. The first-order valence-corrected chi connectivity index (χ1v) is 18.0. The van der Waals surface area contributed by atoms with Crippen LogP contribution < -0.4 is 4.90 Å². The number of fused-ring (bicyclic) bond motifs is 7. The Balaban J connectivity index is 1.43. The Kier molecular flexibility index (Phi) is 6.74. The average molecular weight is 640 g/mol. The van der Waals surface area contributed by atoms with Crippen LogP contribution >= 0.6 is 0 Å². The molecule has 0 saturated heterocycles. The predicted octanol–water partition coefficient (Wildman–Crippen LogP) is 13.5. The fourth-order valence-electron chi connectivity index (χ4n) is 8.93. The zero-order valence-corrected chi connectivity index (χ0v) is 30.9. The Labute approximate surface area is 293 Å². The number of anilines is 3. The molecule has 246 valence electrons. The molecule has 49 heavy (non-hydrogen) atoms. The van der Waals surface area contributed by atoms with Gasteiger partial charge in [0.2, 0.25) is 0 Å². The van der Waals surface area contributed by atoms with Gasteiger partial charge in [-0.3, -0.25) is 0 Å². The highest BCUT2D eigenvalue weighted by atomic mass is 15.1. The van der Waals surface area contributed by atoms with Crippen molar-refractivity contribution in [1.29, 1.82) is 0 Å². The van der Waals surface area contributed by atoms with Gasteiger partial charge < -0.3 is 4.90 Å². The zero-order valence-electron chi connectivity index (χ0n) is 30.9. The summed E-state index contributed by atoms with van der Waals surface area (Å²) in [5.74, 6) is 0. The molecule has 0 heterocycles. The van der Waals surface area contributed by atoms with Gasteiger partial charge in [0, 0.05) is 21.9 Å². The van der Waals surface area contributed by atoms with E-state index in [4.69, 9.17) is 0 Å². The average Bonchev–Trinajstić information content (AvgIpc) is 3.44. The Morgan fingerprint density at radius 2 is 1.10 bits per heavy atom. The van der Waals surface area contributed by atoms with Gasteiger partial charge in [0.05, 0.1) is 11.4 Å². The molecule has 0 N–H and O–H groups in total. The minimum atomic E-state index is -0.213. The maximum absolute atomic E-state index is 2.57. The second-order valence-corrected chi connectivity index (χ2v) is 17.5. The molecule has 2 aliphatic rings. The van der Waals surface area contributed by atoms with Gasteiger partial charge in [-0.05, 0) is 96.1 Å². The third-order valence-electron chi connectivity index (χ3n) is 11.5. The molecular formula is C48H49N. The Morgan fingerprint density at radius 1 is 0.469 bits per heavy atom. The summed E-state index contributed by atoms with van der Waals surface area (Å²) in [7, 11) is 0. The number of benzene rings is 6. The van der Waals surface area contributed by atoms with E-state index in [0.29, 0.717) is 0 Å². The molecular weight excluding hydrogens is 591 g/mol. The highest BCUT2D eigenvalue weighted by molar-refractivity contribution is 6.01. The van der Waals surface area contributed by atoms with Crippen molar-refractivity contribution in [2.24, 2.45) is 0 Å². The fourth-order valence-corrected chi connectivity index (χ4v) is 8.93. The van der Waals surface area contributed by atoms with Gasteiger partial charge in [-0.15, -0.1) is 0 Å². The monoisotopic (exact) mass is 639 g/mol. The van der Waals surface area contributed by atoms with Crippen molar-refractivity contribution in [2.75, 3.05) is 4.90 Å². The number of rotatable bonds is 3. The van der Waals surface area contributed by atoms with E-state index in [1.807, 2.05) is 0 Å². The second-order valence-electron chi connectivity index (χ2n) is 17.5. The van der Waals surface area contributed by atoms with Crippen LogP contribution in [0.2, 0.25) is 0 Å². The predicted molar refractivity (Wildman–Crippen MR) is 211 cm³/mol. The molecule has 0 bridgehead atoms. The molecule has 0 fully saturated rings. The molecule has 0 unspecified atom stereocenters. The molecule has 0 amide bonds. The van der Waals surface area contributed by atoms with E-state index in [1.54, 1.807) is 0 Å². The van der Waals surface area contributed by atoms with Crippen LogP contribution in [0, 0.1) is 0 Å². The van der Waals surface area contributed by atoms with Gasteiger partial charge in [-0.1, -0.05) is 160 Å². The quantitative estimate of drug-likeness (QED) is 0.186. The van der Waals surface area contributed by atoms with E-state index in [-0.39, 0.29) is 21.7 Å². The molecule has 6 aromatic carbocycles. The van der Waals surface area contributed by atoms with Crippen molar-refractivity contribution in [1.82, 2.24) is 0 Å². The Bertz CT molecular complexity index is 2290. The molecule has 1 heteroatoms. The van der Waals surface area contributed by atoms with E-state index in [9.17, 15) is 0 Å². The lowest BCUT2D eigenvalue weighted by Gasteiger charge is -2.35. The smallest absolute Gasteiger partial charge is 0.0540 e. The van der Waals surface area contributed by atoms with Gasteiger partial charge >= 0.3 is 0 Å². The van der Waals surface area contributed by atoms with E-state index in [2.05, 4.69) is 189 Å². The van der Waals surface area contributed by atoms with Gasteiger partial charge in [0.1, 0.15) is 0 Å². The van der Waals surface area contributed by atoms with Gasteiger partial charge in [-0.2, -0.15) is 0 Å². The molecule has 0 spiro atoms. The standard InChI is InChI=1S/C48H49N/c1-45(2,3)31-27-37-36-21-16-24-42(44(36)48(9,10)43(37)40(28-31)46(4,5)6)49(41-23-15-18-30-17-11-12-19-33(30)41)32-25-26-35-34-20-13-14-22-38(34)47(7,8)39(35)29-32/h11-29H,1-10H3. The maximum atomic E-state index is 2.57. The van der Waals surface area contributed by atoms with E-state index in [0.717, 1.165) is 0 Å². The Morgan fingerprint density at radius 3 is 1.86 bits per heavy atom. The molecule has 0 radical (unpaired) electrons. The van der Waals surface area contributed by atoms with Crippen molar-refractivity contribution in [3.63, 3.8) is 0 Å².